The molecule has 1 heterocycles. The Morgan fingerprint density at radius 3 is 2.38 bits per heavy atom. The number of aliphatic hydroxyl groups is 1. The van der Waals surface area contributed by atoms with Gasteiger partial charge in [-0.1, -0.05) is 18.2 Å². The molecule has 2 N–H and O–H groups in total. The van der Waals surface area contributed by atoms with Crippen molar-refractivity contribution in [3.63, 3.8) is 0 Å². The van der Waals surface area contributed by atoms with E-state index in [2.05, 4.69) is 17.0 Å². The number of aliphatic hydroxyl groups excluding tert-OH is 1. The van der Waals surface area contributed by atoms with E-state index in [0.29, 0.717) is 12.3 Å². The highest BCUT2D eigenvalue weighted by Gasteiger charge is 2.22. The summed E-state index contributed by atoms with van der Waals surface area (Å²) in [6.07, 6.45) is -0.566. The van der Waals surface area contributed by atoms with Crippen LogP contribution in [0, 0.1) is 10.1 Å². The molecule has 26 heavy (non-hydrogen) atoms. The number of para-hydroxylation sites is 1. The van der Waals surface area contributed by atoms with Crippen LogP contribution < -0.4 is 14.5 Å². The van der Waals surface area contributed by atoms with Crippen LogP contribution in [-0.4, -0.2) is 55.5 Å². The van der Waals surface area contributed by atoms with Crippen molar-refractivity contribution in [2.45, 2.75) is 6.10 Å². The molecule has 7 heteroatoms. The molecule has 2 aromatic rings. The van der Waals surface area contributed by atoms with Gasteiger partial charge in [0, 0.05) is 17.8 Å². The minimum absolute atomic E-state index is 0.0265. The Labute approximate surface area is 152 Å². The van der Waals surface area contributed by atoms with E-state index in [0.717, 1.165) is 26.2 Å². The maximum absolute atomic E-state index is 10.6. The van der Waals surface area contributed by atoms with Gasteiger partial charge in [0.15, 0.2) is 0 Å². The summed E-state index contributed by atoms with van der Waals surface area (Å²) in [6.45, 7) is 4.71. The summed E-state index contributed by atoms with van der Waals surface area (Å²) in [4.78, 5) is 13.9. The third kappa shape index (κ3) is 4.93. The standard InChI is InChI=1S/C19H23N3O4/c23-18(15-26-19-8-6-17(7-9-19)22(24)25)14-20-10-12-21(13-11-20)16-4-2-1-3-5-16/h1-9,18,23H,10-15H2/p+1/t18-/m0/s1. The zero-order valence-electron chi connectivity index (χ0n) is 14.6. The number of nitro groups is 1. The van der Waals surface area contributed by atoms with Crippen molar-refractivity contribution in [2.24, 2.45) is 0 Å². The average molecular weight is 358 g/mol. The van der Waals surface area contributed by atoms with Gasteiger partial charge in [0.25, 0.3) is 5.69 Å². The third-order valence-corrected chi connectivity index (χ3v) is 4.61. The lowest BCUT2D eigenvalue weighted by molar-refractivity contribution is -0.903. The van der Waals surface area contributed by atoms with E-state index < -0.39 is 11.0 Å². The first kappa shape index (κ1) is 18.2. The first-order chi connectivity index (χ1) is 12.6. The first-order valence-corrected chi connectivity index (χ1v) is 8.81. The van der Waals surface area contributed by atoms with Crippen molar-refractivity contribution in [1.29, 1.82) is 0 Å². The van der Waals surface area contributed by atoms with Crippen molar-refractivity contribution >= 4 is 11.4 Å². The van der Waals surface area contributed by atoms with Gasteiger partial charge in [-0.25, -0.2) is 0 Å². The number of hydrogen-bond acceptors (Lipinski definition) is 5. The van der Waals surface area contributed by atoms with E-state index >= 15 is 0 Å². The van der Waals surface area contributed by atoms with Gasteiger partial charge in [-0.05, 0) is 24.3 Å². The summed E-state index contributed by atoms with van der Waals surface area (Å²) in [6, 6.07) is 16.3. The fourth-order valence-electron chi connectivity index (χ4n) is 3.17. The average Bonchev–Trinajstić information content (AvgIpc) is 2.68. The summed E-state index contributed by atoms with van der Waals surface area (Å²) in [5.74, 6) is 0.526. The highest BCUT2D eigenvalue weighted by atomic mass is 16.6. The Balaban J connectivity index is 1.40. The number of rotatable bonds is 7. The normalized spacial score (nSPS) is 16.3. The summed E-state index contributed by atoms with van der Waals surface area (Å²) >= 11 is 0. The van der Waals surface area contributed by atoms with Crippen LogP contribution in [-0.2, 0) is 0 Å². The van der Waals surface area contributed by atoms with Gasteiger partial charge in [-0.3, -0.25) is 10.1 Å². The molecular weight excluding hydrogens is 334 g/mol. The smallest absolute Gasteiger partial charge is 0.269 e. The Morgan fingerprint density at radius 1 is 1.12 bits per heavy atom. The minimum Gasteiger partial charge on any atom is -0.491 e. The number of nitrogens with one attached hydrogen (secondary N) is 1. The SMILES string of the molecule is O=[N+]([O-])c1ccc(OC[C@@H](O)C[NH+]2CCN(c3ccccc3)CC2)cc1. The third-order valence-electron chi connectivity index (χ3n) is 4.61. The second kappa shape index (κ2) is 8.64. The van der Waals surface area contributed by atoms with Crippen LogP contribution >= 0.6 is 0 Å². The first-order valence-electron chi connectivity index (χ1n) is 8.81. The van der Waals surface area contributed by atoms with Crippen LogP contribution in [0.15, 0.2) is 54.6 Å². The predicted molar refractivity (Wildman–Crippen MR) is 98.8 cm³/mol. The molecule has 1 aliphatic rings. The van der Waals surface area contributed by atoms with Crippen LogP contribution in [0.25, 0.3) is 0 Å². The Hall–Kier alpha value is -2.64. The van der Waals surface area contributed by atoms with E-state index in [-0.39, 0.29) is 12.3 Å². The van der Waals surface area contributed by atoms with Gasteiger partial charge in [0.2, 0.25) is 0 Å². The molecule has 7 nitrogen and oxygen atoms in total. The number of quaternary nitrogens is 1. The van der Waals surface area contributed by atoms with Gasteiger partial charge in [-0.2, -0.15) is 0 Å². The van der Waals surface area contributed by atoms with E-state index in [1.165, 1.54) is 22.7 Å². The van der Waals surface area contributed by atoms with Crippen LogP contribution in [0.1, 0.15) is 0 Å². The fraction of sp³-hybridized carbons (Fsp3) is 0.368. The second-order valence-corrected chi connectivity index (χ2v) is 6.49. The highest BCUT2D eigenvalue weighted by Crippen LogP contribution is 2.17. The number of ether oxygens (including phenoxy) is 1. The number of nitrogens with zero attached hydrogens (tertiary/aromatic N) is 2. The maximum Gasteiger partial charge on any atom is 0.269 e. The summed E-state index contributed by atoms with van der Waals surface area (Å²) in [5.41, 5.74) is 1.27. The largest absolute Gasteiger partial charge is 0.491 e. The Morgan fingerprint density at radius 2 is 1.77 bits per heavy atom. The van der Waals surface area contributed by atoms with Crippen LogP contribution in [0.3, 0.4) is 0 Å². The molecular formula is C19H24N3O4+. The molecule has 1 aliphatic heterocycles. The maximum atomic E-state index is 10.6. The molecule has 0 spiro atoms. The summed E-state index contributed by atoms with van der Waals surface area (Å²) in [7, 11) is 0. The van der Waals surface area contributed by atoms with Crippen LogP contribution in [0.5, 0.6) is 5.75 Å². The molecule has 0 aromatic heterocycles. The number of hydrogen-bond donors (Lipinski definition) is 2. The molecule has 1 saturated heterocycles. The number of nitro benzene ring substituents is 1. The van der Waals surface area contributed by atoms with Gasteiger partial charge >= 0.3 is 0 Å². The van der Waals surface area contributed by atoms with E-state index in [4.69, 9.17) is 4.74 Å². The van der Waals surface area contributed by atoms with E-state index in [1.54, 1.807) is 12.1 Å². The number of benzene rings is 2. The van der Waals surface area contributed by atoms with E-state index in [1.807, 2.05) is 18.2 Å². The Bertz CT molecular complexity index is 700. The monoisotopic (exact) mass is 358 g/mol. The molecule has 0 bridgehead atoms. The van der Waals surface area contributed by atoms with Crippen molar-refractivity contribution in [1.82, 2.24) is 0 Å². The zero-order valence-corrected chi connectivity index (χ0v) is 14.6. The molecule has 1 fully saturated rings. The topological polar surface area (TPSA) is 80.3 Å². The molecule has 0 saturated carbocycles. The summed E-state index contributed by atoms with van der Waals surface area (Å²) in [5, 5.41) is 20.9. The van der Waals surface area contributed by atoms with Gasteiger partial charge in [0.05, 0.1) is 31.1 Å². The Kier molecular flexibility index (Phi) is 6.04. The van der Waals surface area contributed by atoms with Crippen molar-refractivity contribution < 1.29 is 19.7 Å². The number of anilines is 1. The lowest BCUT2D eigenvalue weighted by atomic mass is 10.2. The zero-order chi connectivity index (χ0) is 18.4. The molecule has 1 atom stereocenters. The molecule has 3 rings (SSSR count). The molecule has 138 valence electrons. The van der Waals surface area contributed by atoms with Gasteiger partial charge in [-0.15, -0.1) is 0 Å². The van der Waals surface area contributed by atoms with Crippen molar-refractivity contribution in [3.8, 4) is 5.75 Å². The number of piperazine rings is 1. The number of non-ortho nitro benzene ring substituents is 1. The highest BCUT2D eigenvalue weighted by molar-refractivity contribution is 5.46. The minimum atomic E-state index is -0.566. The van der Waals surface area contributed by atoms with Crippen LogP contribution in [0.4, 0.5) is 11.4 Å². The van der Waals surface area contributed by atoms with E-state index in [9.17, 15) is 15.2 Å². The predicted octanol–water partition coefficient (Wildman–Crippen LogP) is 0.740. The molecule has 2 aromatic carbocycles. The van der Waals surface area contributed by atoms with Gasteiger partial charge < -0.3 is 19.6 Å². The molecule has 0 radical (unpaired) electrons. The second-order valence-electron chi connectivity index (χ2n) is 6.49. The molecule has 0 amide bonds. The van der Waals surface area contributed by atoms with Crippen molar-refractivity contribution in [3.05, 3.63) is 64.7 Å². The van der Waals surface area contributed by atoms with Crippen LogP contribution in [0.2, 0.25) is 0 Å². The summed E-state index contributed by atoms with van der Waals surface area (Å²) < 4.78 is 5.54. The van der Waals surface area contributed by atoms with Crippen molar-refractivity contribution in [2.75, 3.05) is 44.2 Å². The lowest BCUT2D eigenvalue weighted by Gasteiger charge is -2.34. The fourth-order valence-corrected chi connectivity index (χ4v) is 3.17. The van der Waals surface area contributed by atoms with Gasteiger partial charge in [0.1, 0.15) is 25.0 Å². The molecule has 0 aliphatic carbocycles. The lowest BCUT2D eigenvalue weighted by Crippen LogP contribution is -3.16. The quantitative estimate of drug-likeness (QED) is 0.564. The molecule has 0 unspecified atom stereocenters.